The molecule has 1 saturated carbocycles. The van der Waals surface area contributed by atoms with E-state index in [1.54, 1.807) is 39.1 Å². The summed E-state index contributed by atoms with van der Waals surface area (Å²) >= 11 is 0. The summed E-state index contributed by atoms with van der Waals surface area (Å²) in [7, 11) is 0. The van der Waals surface area contributed by atoms with Gasteiger partial charge in [-0.1, -0.05) is 0 Å². The number of hydrogen-bond donors (Lipinski definition) is 1. The number of pyridine rings is 1. The van der Waals surface area contributed by atoms with Gasteiger partial charge in [0.2, 0.25) is 0 Å². The van der Waals surface area contributed by atoms with Crippen molar-refractivity contribution in [2.24, 2.45) is 4.99 Å². The van der Waals surface area contributed by atoms with Crippen LogP contribution in [0.15, 0.2) is 29.5 Å². The molecule has 1 N–H and O–H groups in total. The number of ether oxygens (including phenoxy) is 3. The molecule has 2 aromatic rings. The molecule has 4 rings (SSSR count). The first-order valence-electron chi connectivity index (χ1n) is 10.2. The summed E-state index contributed by atoms with van der Waals surface area (Å²) in [6, 6.07) is 3.81. The smallest absolute Gasteiger partial charge is 0.413 e. The van der Waals surface area contributed by atoms with Crippen molar-refractivity contribution < 1.29 is 19.0 Å². The van der Waals surface area contributed by atoms with Crippen molar-refractivity contribution in [1.29, 1.82) is 0 Å². The fourth-order valence-electron chi connectivity index (χ4n) is 3.06. The Hall–Kier alpha value is -2.94. The molecule has 9 heteroatoms. The number of nitrogens with zero attached hydrogens (tertiary/aromatic N) is 4. The van der Waals surface area contributed by atoms with Crippen molar-refractivity contribution in [2.75, 3.05) is 18.7 Å². The Kier molecular flexibility index (Phi) is 5.72. The zero-order valence-electron chi connectivity index (χ0n) is 17.6. The molecule has 0 bridgehead atoms. The lowest BCUT2D eigenvalue weighted by molar-refractivity contribution is 0.0635. The Morgan fingerprint density at radius 1 is 1.33 bits per heavy atom. The number of carbonyl (C=O) groups excluding carboxylic acids is 1. The van der Waals surface area contributed by atoms with Gasteiger partial charge in [-0.15, -0.1) is 0 Å². The molecule has 1 aliphatic carbocycles. The molecule has 30 heavy (non-hydrogen) atoms. The predicted molar refractivity (Wildman–Crippen MR) is 111 cm³/mol. The van der Waals surface area contributed by atoms with Gasteiger partial charge in [-0.2, -0.15) is 5.10 Å². The number of aromatic nitrogens is 3. The minimum atomic E-state index is -0.590. The number of nitrogens with one attached hydrogen (secondary N) is 1. The van der Waals surface area contributed by atoms with Gasteiger partial charge < -0.3 is 14.2 Å². The number of amides is 1. The molecular weight excluding hydrogens is 386 g/mol. The molecule has 1 amide bonds. The molecular formula is C21H27N5O4. The lowest BCUT2D eigenvalue weighted by Crippen LogP contribution is -2.27. The molecule has 3 heterocycles. The SMILES string of the molecule is CC(C)(C)OC(=O)Nc1cc(Oc2cn(C3CC3)nc2C2=NCOCCC2)ccn1. The van der Waals surface area contributed by atoms with Crippen LogP contribution in [0.1, 0.15) is 58.2 Å². The first-order valence-corrected chi connectivity index (χ1v) is 10.2. The first-order chi connectivity index (χ1) is 14.4. The fraction of sp³-hybridized carbons (Fsp3) is 0.524. The van der Waals surface area contributed by atoms with E-state index in [0.717, 1.165) is 37.1 Å². The van der Waals surface area contributed by atoms with Gasteiger partial charge in [-0.25, -0.2) is 9.78 Å². The van der Waals surface area contributed by atoms with E-state index in [2.05, 4.69) is 15.3 Å². The van der Waals surface area contributed by atoms with Crippen LogP contribution < -0.4 is 10.1 Å². The van der Waals surface area contributed by atoms with Crippen LogP contribution in [-0.2, 0) is 9.47 Å². The highest BCUT2D eigenvalue weighted by Crippen LogP contribution is 2.37. The highest BCUT2D eigenvalue weighted by molar-refractivity contribution is 6.01. The van der Waals surface area contributed by atoms with E-state index in [1.165, 1.54) is 0 Å². The third kappa shape index (κ3) is 5.35. The van der Waals surface area contributed by atoms with Crippen molar-refractivity contribution in [1.82, 2.24) is 14.8 Å². The van der Waals surface area contributed by atoms with Crippen molar-refractivity contribution in [3.8, 4) is 11.5 Å². The molecule has 1 aliphatic heterocycles. The van der Waals surface area contributed by atoms with Crippen LogP contribution in [0.4, 0.5) is 10.6 Å². The van der Waals surface area contributed by atoms with E-state index in [4.69, 9.17) is 19.3 Å². The minimum absolute atomic E-state index is 0.338. The predicted octanol–water partition coefficient (Wildman–Crippen LogP) is 4.31. The second-order valence-electron chi connectivity index (χ2n) is 8.40. The van der Waals surface area contributed by atoms with Crippen LogP contribution >= 0.6 is 0 Å². The molecule has 2 aliphatic rings. The van der Waals surface area contributed by atoms with E-state index in [1.807, 2.05) is 10.9 Å². The van der Waals surface area contributed by atoms with Gasteiger partial charge in [-0.3, -0.25) is 15.0 Å². The Bertz CT molecular complexity index is 943. The molecule has 0 saturated heterocycles. The van der Waals surface area contributed by atoms with Crippen molar-refractivity contribution in [3.05, 3.63) is 30.2 Å². The molecule has 2 aromatic heterocycles. The summed E-state index contributed by atoms with van der Waals surface area (Å²) in [4.78, 5) is 20.7. The summed E-state index contributed by atoms with van der Waals surface area (Å²) in [5.41, 5.74) is 1.04. The largest absolute Gasteiger partial charge is 0.453 e. The van der Waals surface area contributed by atoms with Crippen LogP contribution in [0.2, 0.25) is 0 Å². The van der Waals surface area contributed by atoms with E-state index < -0.39 is 11.7 Å². The molecule has 0 aromatic carbocycles. The van der Waals surface area contributed by atoms with Crippen molar-refractivity contribution in [2.45, 2.75) is 58.1 Å². The third-order valence-corrected chi connectivity index (χ3v) is 4.53. The summed E-state index contributed by atoms with van der Waals surface area (Å²) < 4.78 is 18.8. The first kappa shape index (κ1) is 20.3. The monoisotopic (exact) mass is 413 g/mol. The number of hydrogen-bond acceptors (Lipinski definition) is 7. The standard InChI is InChI=1S/C21H27N5O4/c1-21(2,3)30-20(27)24-18-11-15(8-9-22-18)29-17-12-26(14-6-7-14)25-19(17)16-5-4-10-28-13-23-16/h8-9,11-12,14H,4-7,10,13H2,1-3H3,(H,22,24,27). The number of rotatable bonds is 5. The Morgan fingerprint density at radius 2 is 2.17 bits per heavy atom. The van der Waals surface area contributed by atoms with Crippen molar-refractivity contribution in [3.63, 3.8) is 0 Å². The van der Waals surface area contributed by atoms with Gasteiger partial charge in [0, 0.05) is 18.9 Å². The Labute approximate surface area is 175 Å². The molecule has 1 fully saturated rings. The van der Waals surface area contributed by atoms with Gasteiger partial charge >= 0.3 is 6.09 Å². The highest BCUT2D eigenvalue weighted by atomic mass is 16.6. The maximum Gasteiger partial charge on any atom is 0.413 e. The van der Waals surface area contributed by atoms with E-state index in [0.29, 0.717) is 36.7 Å². The maximum atomic E-state index is 12.0. The van der Waals surface area contributed by atoms with Crippen LogP contribution in [0.25, 0.3) is 0 Å². The lowest BCUT2D eigenvalue weighted by atomic mass is 10.1. The fourth-order valence-corrected chi connectivity index (χ4v) is 3.06. The lowest BCUT2D eigenvalue weighted by Gasteiger charge is -2.19. The summed E-state index contributed by atoms with van der Waals surface area (Å²) in [5, 5.41) is 7.38. The average molecular weight is 413 g/mol. The van der Waals surface area contributed by atoms with E-state index >= 15 is 0 Å². The zero-order chi connectivity index (χ0) is 21.1. The topological polar surface area (TPSA) is 99.9 Å². The molecule has 0 radical (unpaired) electrons. The van der Waals surface area contributed by atoms with Gasteiger partial charge in [0.15, 0.2) is 5.75 Å². The Balaban J connectivity index is 1.54. The summed E-state index contributed by atoms with van der Waals surface area (Å²) in [5.74, 6) is 1.52. The molecule has 0 unspecified atom stereocenters. The van der Waals surface area contributed by atoms with Crippen LogP contribution in [0, 0.1) is 0 Å². The molecule has 0 atom stereocenters. The van der Waals surface area contributed by atoms with Crippen LogP contribution in [0.5, 0.6) is 11.5 Å². The van der Waals surface area contributed by atoms with Gasteiger partial charge in [0.05, 0.1) is 18.0 Å². The molecule has 160 valence electrons. The Morgan fingerprint density at radius 3 is 2.93 bits per heavy atom. The minimum Gasteiger partial charge on any atom is -0.453 e. The average Bonchev–Trinajstić information content (AvgIpc) is 3.47. The normalized spacial score (nSPS) is 17.1. The number of anilines is 1. The van der Waals surface area contributed by atoms with E-state index in [-0.39, 0.29) is 0 Å². The summed E-state index contributed by atoms with van der Waals surface area (Å²) in [6.07, 6.45) is 6.85. The van der Waals surface area contributed by atoms with Gasteiger partial charge in [-0.05, 0) is 52.5 Å². The zero-order valence-corrected chi connectivity index (χ0v) is 17.6. The number of carbonyl (C=O) groups is 1. The van der Waals surface area contributed by atoms with Crippen LogP contribution in [-0.4, -0.2) is 45.5 Å². The van der Waals surface area contributed by atoms with E-state index in [9.17, 15) is 4.79 Å². The number of aliphatic imine (C=N–C) groups is 1. The highest BCUT2D eigenvalue weighted by Gasteiger charge is 2.28. The second kappa shape index (κ2) is 8.43. The van der Waals surface area contributed by atoms with Crippen molar-refractivity contribution >= 4 is 17.6 Å². The summed E-state index contributed by atoms with van der Waals surface area (Å²) in [6.45, 7) is 6.44. The van der Waals surface area contributed by atoms with Crippen LogP contribution in [0.3, 0.4) is 0 Å². The molecule has 9 nitrogen and oxygen atoms in total. The van der Waals surface area contributed by atoms with Gasteiger partial charge in [0.25, 0.3) is 0 Å². The maximum absolute atomic E-state index is 12.0. The quantitative estimate of drug-likeness (QED) is 0.784. The third-order valence-electron chi connectivity index (χ3n) is 4.53. The molecule has 0 spiro atoms. The van der Waals surface area contributed by atoms with Gasteiger partial charge in [0.1, 0.15) is 29.6 Å². The second-order valence-corrected chi connectivity index (χ2v) is 8.40.